The van der Waals surface area contributed by atoms with Gasteiger partial charge in [-0.2, -0.15) is 0 Å². The van der Waals surface area contributed by atoms with Gasteiger partial charge >= 0.3 is 0 Å². The van der Waals surface area contributed by atoms with E-state index in [1.807, 2.05) is 6.20 Å². The Hall–Kier alpha value is -2.19. The number of aromatic nitrogens is 1. The van der Waals surface area contributed by atoms with Crippen LogP contribution in [-0.2, 0) is 5.41 Å². The van der Waals surface area contributed by atoms with Gasteiger partial charge in [0.05, 0.1) is 5.69 Å². The number of pyridine rings is 1. The number of nitrogens with zero attached hydrogens (tertiary/aromatic N) is 1. The van der Waals surface area contributed by atoms with Gasteiger partial charge in [-0.3, -0.25) is 4.98 Å². The molecule has 5 rings (SSSR count). The molecule has 0 bridgehead atoms. The molecule has 1 nitrogen and oxygen atoms in total. The molecule has 1 aliphatic heterocycles. The average Bonchev–Trinajstić information content (AvgIpc) is 2.78. The monoisotopic (exact) mass is 327 g/mol. The molecule has 0 atom stereocenters. The average molecular weight is 328 g/mol. The predicted molar refractivity (Wildman–Crippen MR) is 104 cm³/mol. The molecule has 24 heavy (non-hydrogen) atoms. The van der Waals surface area contributed by atoms with Gasteiger partial charge < -0.3 is 0 Å². The maximum Gasteiger partial charge on any atom is 0.114 e. The zero-order chi connectivity index (χ0) is 16.7. The Labute approximate surface area is 144 Å². The maximum absolute atomic E-state index is 4.87. The highest BCUT2D eigenvalue weighted by atomic mass is 28.3. The van der Waals surface area contributed by atoms with E-state index in [4.69, 9.17) is 4.98 Å². The van der Waals surface area contributed by atoms with Crippen LogP contribution in [0.2, 0.25) is 13.1 Å². The highest BCUT2D eigenvalue weighted by Crippen LogP contribution is 2.48. The van der Waals surface area contributed by atoms with E-state index in [1.165, 1.54) is 33.5 Å². The number of hydrogen-bond donors (Lipinski definition) is 0. The molecule has 2 aromatic carbocycles. The largest absolute Gasteiger partial charge is 0.256 e. The van der Waals surface area contributed by atoms with Crippen LogP contribution in [0.1, 0.15) is 25.0 Å². The van der Waals surface area contributed by atoms with Crippen LogP contribution in [0.15, 0.2) is 54.7 Å². The summed E-state index contributed by atoms with van der Waals surface area (Å²) in [6.45, 7) is 9.68. The molecule has 0 saturated carbocycles. The van der Waals surface area contributed by atoms with Gasteiger partial charge in [0.25, 0.3) is 0 Å². The fourth-order valence-electron chi connectivity index (χ4n) is 4.83. The van der Waals surface area contributed by atoms with E-state index in [9.17, 15) is 0 Å². The van der Waals surface area contributed by atoms with Gasteiger partial charge in [0, 0.05) is 22.7 Å². The molecule has 3 aromatic rings. The van der Waals surface area contributed by atoms with Crippen LogP contribution >= 0.6 is 0 Å². The lowest BCUT2D eigenvalue weighted by Crippen LogP contribution is -2.49. The first kappa shape index (κ1) is 14.2. The van der Waals surface area contributed by atoms with E-state index in [2.05, 4.69) is 75.5 Å². The van der Waals surface area contributed by atoms with Crippen molar-refractivity contribution in [3.8, 4) is 22.4 Å². The van der Waals surface area contributed by atoms with Gasteiger partial charge in [-0.05, 0) is 33.1 Å². The van der Waals surface area contributed by atoms with E-state index in [-0.39, 0.29) is 5.41 Å². The number of hydrogen-bond acceptors (Lipinski definition) is 1. The summed E-state index contributed by atoms with van der Waals surface area (Å²) in [6, 6.07) is 18.1. The molecule has 0 spiro atoms. The topological polar surface area (TPSA) is 12.9 Å². The minimum atomic E-state index is -1.65. The van der Waals surface area contributed by atoms with Crippen LogP contribution in [-0.4, -0.2) is 13.1 Å². The predicted octanol–water partition coefficient (Wildman–Crippen LogP) is 4.19. The SMILES string of the molecule is CC1(C)c2ccccc2-c2nccc3c2-c2c1cccc2[Si]3(C)C. The Morgan fingerprint density at radius 1 is 0.792 bits per heavy atom. The molecule has 2 heterocycles. The fourth-order valence-corrected chi connectivity index (χ4v) is 7.88. The number of fused-ring (bicyclic) bond motifs is 2. The molecule has 1 aliphatic carbocycles. The first-order valence-corrected chi connectivity index (χ1v) is 11.7. The van der Waals surface area contributed by atoms with Crippen LogP contribution in [0.5, 0.6) is 0 Å². The third-order valence-electron chi connectivity index (χ3n) is 6.14. The summed E-state index contributed by atoms with van der Waals surface area (Å²) in [7, 11) is -1.65. The van der Waals surface area contributed by atoms with Crippen LogP contribution in [0, 0.1) is 0 Å². The Bertz CT molecular complexity index is 1010. The summed E-state index contributed by atoms with van der Waals surface area (Å²) in [5.74, 6) is 0. The molecule has 0 N–H and O–H groups in total. The summed E-state index contributed by atoms with van der Waals surface area (Å²) >= 11 is 0. The summed E-state index contributed by atoms with van der Waals surface area (Å²) < 4.78 is 0. The van der Waals surface area contributed by atoms with Gasteiger partial charge in [0.2, 0.25) is 0 Å². The lowest BCUT2D eigenvalue weighted by Gasteiger charge is -2.29. The Morgan fingerprint density at radius 3 is 2.33 bits per heavy atom. The third kappa shape index (κ3) is 1.48. The van der Waals surface area contributed by atoms with Gasteiger partial charge in [-0.15, -0.1) is 0 Å². The van der Waals surface area contributed by atoms with Crippen molar-refractivity contribution in [2.45, 2.75) is 32.4 Å². The van der Waals surface area contributed by atoms with Crippen LogP contribution in [0.4, 0.5) is 0 Å². The van der Waals surface area contributed by atoms with Gasteiger partial charge in [-0.1, -0.05) is 69.4 Å². The van der Waals surface area contributed by atoms with E-state index in [1.54, 1.807) is 10.4 Å². The first-order chi connectivity index (χ1) is 11.4. The Kier molecular flexibility index (Phi) is 2.51. The molecule has 2 aliphatic rings. The second-order valence-electron chi connectivity index (χ2n) is 8.11. The molecule has 0 saturated heterocycles. The second kappa shape index (κ2) is 4.25. The van der Waals surface area contributed by atoms with Crippen LogP contribution < -0.4 is 10.4 Å². The highest BCUT2D eigenvalue weighted by molar-refractivity contribution is 7.04. The number of rotatable bonds is 0. The quantitative estimate of drug-likeness (QED) is 0.564. The standard InChI is InChI=1S/C22H21NSi/c1-22(2)15-9-6-5-8-14(15)21-20-18(12-13-23-21)24(3,4)17-11-7-10-16(22)19(17)20/h5-13H,1-4H3. The lowest BCUT2D eigenvalue weighted by molar-refractivity contribution is 0.646. The van der Waals surface area contributed by atoms with Gasteiger partial charge in [0.15, 0.2) is 0 Å². The van der Waals surface area contributed by atoms with Crippen molar-refractivity contribution in [2.75, 3.05) is 0 Å². The smallest absolute Gasteiger partial charge is 0.114 e. The van der Waals surface area contributed by atoms with Crippen molar-refractivity contribution in [2.24, 2.45) is 0 Å². The minimum Gasteiger partial charge on any atom is -0.256 e. The van der Waals surface area contributed by atoms with Crippen molar-refractivity contribution >= 4 is 18.4 Å². The van der Waals surface area contributed by atoms with Crippen molar-refractivity contribution in [1.29, 1.82) is 0 Å². The third-order valence-corrected chi connectivity index (χ3v) is 9.67. The fraction of sp³-hybridized carbons (Fsp3) is 0.227. The van der Waals surface area contributed by atoms with Crippen LogP contribution in [0.25, 0.3) is 22.4 Å². The first-order valence-electron chi connectivity index (χ1n) is 8.68. The minimum absolute atomic E-state index is 0.0191. The van der Waals surface area contributed by atoms with Gasteiger partial charge in [0.1, 0.15) is 8.07 Å². The van der Waals surface area contributed by atoms with Crippen molar-refractivity contribution in [3.05, 3.63) is 65.9 Å². The van der Waals surface area contributed by atoms with Crippen molar-refractivity contribution < 1.29 is 0 Å². The summed E-state index contributed by atoms with van der Waals surface area (Å²) in [4.78, 5) is 4.87. The molecular formula is C22H21NSi. The molecular weight excluding hydrogens is 306 g/mol. The molecule has 0 fully saturated rings. The summed E-state index contributed by atoms with van der Waals surface area (Å²) in [5.41, 5.74) is 8.20. The summed E-state index contributed by atoms with van der Waals surface area (Å²) in [5, 5.41) is 3.12. The van der Waals surface area contributed by atoms with E-state index in [0.717, 1.165) is 0 Å². The normalized spacial score (nSPS) is 17.8. The second-order valence-corrected chi connectivity index (χ2v) is 12.4. The van der Waals surface area contributed by atoms with E-state index in [0.29, 0.717) is 0 Å². The Morgan fingerprint density at radius 2 is 1.50 bits per heavy atom. The zero-order valence-corrected chi connectivity index (χ0v) is 15.6. The molecule has 0 unspecified atom stereocenters. The summed E-state index contributed by atoms with van der Waals surface area (Å²) in [6.07, 6.45) is 2.02. The van der Waals surface area contributed by atoms with Gasteiger partial charge in [-0.25, -0.2) is 0 Å². The lowest BCUT2D eigenvalue weighted by atomic mass is 9.75. The Balaban J connectivity index is 2.08. The zero-order valence-electron chi connectivity index (χ0n) is 14.6. The van der Waals surface area contributed by atoms with Crippen molar-refractivity contribution in [3.63, 3.8) is 0 Å². The molecule has 118 valence electrons. The molecule has 0 radical (unpaired) electrons. The molecule has 0 amide bonds. The highest BCUT2D eigenvalue weighted by Gasteiger charge is 2.44. The number of benzene rings is 2. The van der Waals surface area contributed by atoms with E-state index < -0.39 is 8.07 Å². The molecule has 1 aromatic heterocycles. The van der Waals surface area contributed by atoms with Crippen LogP contribution in [0.3, 0.4) is 0 Å². The molecule has 2 heteroatoms. The van der Waals surface area contributed by atoms with Crippen molar-refractivity contribution in [1.82, 2.24) is 4.98 Å². The van der Waals surface area contributed by atoms with E-state index >= 15 is 0 Å². The maximum atomic E-state index is 4.87.